The van der Waals surface area contributed by atoms with Gasteiger partial charge in [-0.25, -0.2) is 4.98 Å². The van der Waals surface area contributed by atoms with Gasteiger partial charge in [0.25, 0.3) is 0 Å². The number of nitrogens with zero attached hydrogens (tertiary/aromatic N) is 1. The first kappa shape index (κ1) is 12.9. The van der Waals surface area contributed by atoms with Crippen molar-refractivity contribution >= 4 is 11.0 Å². The smallest absolute Gasteiger partial charge is 0.138 e. The molecule has 0 radical (unpaired) electrons. The molecule has 1 heterocycles. The standard InChI is InChI=1S/C17H19N3/c1-12-7-8-15-16(11-12)20-17(19-15)14-6-4-3-5-13(14)9-10-18-2/h3-8,11,18H,9-10H2,1-2H3,(H,19,20). The zero-order valence-electron chi connectivity index (χ0n) is 11.9. The summed E-state index contributed by atoms with van der Waals surface area (Å²) in [6.07, 6.45) is 1.00. The van der Waals surface area contributed by atoms with E-state index in [-0.39, 0.29) is 0 Å². The molecule has 0 aliphatic heterocycles. The lowest BCUT2D eigenvalue weighted by Gasteiger charge is -2.06. The number of aryl methyl sites for hydroxylation is 1. The van der Waals surface area contributed by atoms with E-state index in [0.29, 0.717) is 0 Å². The molecule has 0 spiro atoms. The summed E-state index contributed by atoms with van der Waals surface area (Å²) >= 11 is 0. The maximum absolute atomic E-state index is 4.72. The van der Waals surface area contributed by atoms with E-state index in [1.54, 1.807) is 0 Å². The van der Waals surface area contributed by atoms with Gasteiger partial charge in [0, 0.05) is 5.56 Å². The minimum Gasteiger partial charge on any atom is -0.338 e. The molecule has 0 amide bonds. The second-order valence-corrected chi connectivity index (χ2v) is 5.12. The van der Waals surface area contributed by atoms with Gasteiger partial charge in [-0.3, -0.25) is 0 Å². The van der Waals surface area contributed by atoms with Crippen LogP contribution in [0.15, 0.2) is 42.5 Å². The topological polar surface area (TPSA) is 40.7 Å². The van der Waals surface area contributed by atoms with Gasteiger partial charge in [0.05, 0.1) is 11.0 Å². The van der Waals surface area contributed by atoms with Crippen molar-refractivity contribution in [3.63, 3.8) is 0 Å². The molecule has 0 aliphatic carbocycles. The molecule has 20 heavy (non-hydrogen) atoms. The zero-order chi connectivity index (χ0) is 13.9. The van der Waals surface area contributed by atoms with Gasteiger partial charge in [0.1, 0.15) is 5.82 Å². The van der Waals surface area contributed by atoms with Crippen LogP contribution >= 0.6 is 0 Å². The maximum atomic E-state index is 4.72. The fraction of sp³-hybridized carbons (Fsp3) is 0.235. The molecule has 0 saturated carbocycles. The van der Waals surface area contributed by atoms with Crippen LogP contribution in [0.25, 0.3) is 22.4 Å². The highest BCUT2D eigenvalue weighted by atomic mass is 14.9. The lowest BCUT2D eigenvalue weighted by molar-refractivity contribution is 0.792. The predicted octanol–water partition coefficient (Wildman–Crippen LogP) is 3.30. The molecule has 1 aromatic heterocycles. The van der Waals surface area contributed by atoms with E-state index in [4.69, 9.17) is 4.98 Å². The Bertz CT molecular complexity index is 728. The summed E-state index contributed by atoms with van der Waals surface area (Å²) in [5.74, 6) is 0.956. The normalized spacial score (nSPS) is 11.1. The number of nitrogens with one attached hydrogen (secondary N) is 2. The number of likely N-dealkylation sites (N-methyl/N-ethyl adjacent to an activating group) is 1. The van der Waals surface area contributed by atoms with E-state index >= 15 is 0 Å². The molecule has 3 nitrogen and oxygen atoms in total. The Morgan fingerprint density at radius 3 is 2.85 bits per heavy atom. The monoisotopic (exact) mass is 265 g/mol. The average Bonchev–Trinajstić information content (AvgIpc) is 2.88. The first-order valence-corrected chi connectivity index (χ1v) is 6.97. The van der Waals surface area contributed by atoms with Crippen LogP contribution in [0, 0.1) is 6.92 Å². The van der Waals surface area contributed by atoms with Gasteiger partial charge in [-0.15, -0.1) is 0 Å². The Balaban J connectivity index is 2.06. The van der Waals surface area contributed by atoms with E-state index in [9.17, 15) is 0 Å². The number of hydrogen-bond acceptors (Lipinski definition) is 2. The molecule has 0 unspecified atom stereocenters. The van der Waals surface area contributed by atoms with Crippen LogP contribution in [0.4, 0.5) is 0 Å². The molecule has 3 heteroatoms. The predicted molar refractivity (Wildman–Crippen MR) is 83.9 cm³/mol. The molecule has 0 fully saturated rings. The van der Waals surface area contributed by atoms with Crippen molar-refractivity contribution in [2.45, 2.75) is 13.3 Å². The van der Waals surface area contributed by atoms with E-state index in [1.807, 2.05) is 7.05 Å². The summed E-state index contributed by atoms with van der Waals surface area (Å²) in [6.45, 7) is 3.07. The highest BCUT2D eigenvalue weighted by molar-refractivity contribution is 5.80. The van der Waals surface area contributed by atoms with E-state index in [1.165, 1.54) is 16.7 Å². The number of aromatic amines is 1. The van der Waals surface area contributed by atoms with Crippen molar-refractivity contribution in [2.75, 3.05) is 13.6 Å². The number of benzene rings is 2. The minimum absolute atomic E-state index is 0.956. The Hall–Kier alpha value is -2.13. The summed E-state index contributed by atoms with van der Waals surface area (Å²) in [5.41, 5.74) is 5.88. The lowest BCUT2D eigenvalue weighted by atomic mass is 10.0. The summed E-state index contributed by atoms with van der Waals surface area (Å²) < 4.78 is 0. The molecule has 0 aliphatic rings. The van der Waals surface area contributed by atoms with E-state index in [0.717, 1.165) is 29.8 Å². The summed E-state index contributed by atoms with van der Waals surface area (Å²) in [6, 6.07) is 14.8. The Kier molecular flexibility index (Phi) is 3.52. The summed E-state index contributed by atoms with van der Waals surface area (Å²) in [5, 5.41) is 3.20. The van der Waals surface area contributed by atoms with Crippen molar-refractivity contribution in [2.24, 2.45) is 0 Å². The Morgan fingerprint density at radius 1 is 1.15 bits per heavy atom. The molecule has 3 rings (SSSR count). The second-order valence-electron chi connectivity index (χ2n) is 5.12. The Labute approximate surface area is 119 Å². The number of aromatic nitrogens is 2. The van der Waals surface area contributed by atoms with Crippen molar-refractivity contribution in [3.8, 4) is 11.4 Å². The van der Waals surface area contributed by atoms with Crippen LogP contribution in [-0.2, 0) is 6.42 Å². The molecule has 0 atom stereocenters. The second kappa shape index (κ2) is 5.47. The third-order valence-corrected chi connectivity index (χ3v) is 3.55. The average molecular weight is 265 g/mol. The summed E-state index contributed by atoms with van der Waals surface area (Å²) in [4.78, 5) is 8.15. The Morgan fingerprint density at radius 2 is 2.00 bits per heavy atom. The van der Waals surface area contributed by atoms with Crippen LogP contribution in [0.5, 0.6) is 0 Å². The van der Waals surface area contributed by atoms with Crippen molar-refractivity contribution in [1.29, 1.82) is 0 Å². The third-order valence-electron chi connectivity index (χ3n) is 3.55. The number of fused-ring (bicyclic) bond motifs is 1. The first-order valence-electron chi connectivity index (χ1n) is 6.97. The van der Waals surface area contributed by atoms with Gasteiger partial charge in [-0.2, -0.15) is 0 Å². The minimum atomic E-state index is 0.956. The van der Waals surface area contributed by atoms with E-state index < -0.39 is 0 Å². The van der Waals surface area contributed by atoms with Crippen molar-refractivity contribution in [3.05, 3.63) is 53.6 Å². The molecule has 2 N–H and O–H groups in total. The van der Waals surface area contributed by atoms with Gasteiger partial charge in [-0.1, -0.05) is 30.3 Å². The maximum Gasteiger partial charge on any atom is 0.138 e. The largest absolute Gasteiger partial charge is 0.338 e. The van der Waals surface area contributed by atoms with Gasteiger partial charge in [0.2, 0.25) is 0 Å². The van der Waals surface area contributed by atoms with Gasteiger partial charge < -0.3 is 10.3 Å². The molecule has 102 valence electrons. The van der Waals surface area contributed by atoms with Crippen LogP contribution in [-0.4, -0.2) is 23.6 Å². The lowest BCUT2D eigenvalue weighted by Crippen LogP contribution is -2.10. The van der Waals surface area contributed by atoms with Gasteiger partial charge in [-0.05, 0) is 50.2 Å². The number of imidazole rings is 1. The van der Waals surface area contributed by atoms with Gasteiger partial charge >= 0.3 is 0 Å². The molecule has 0 bridgehead atoms. The third kappa shape index (κ3) is 2.45. The van der Waals surface area contributed by atoms with Crippen LogP contribution in [0.2, 0.25) is 0 Å². The van der Waals surface area contributed by atoms with Crippen LogP contribution in [0.3, 0.4) is 0 Å². The quantitative estimate of drug-likeness (QED) is 0.760. The summed E-state index contributed by atoms with van der Waals surface area (Å²) in [7, 11) is 1.98. The van der Waals surface area contributed by atoms with Crippen molar-refractivity contribution < 1.29 is 0 Å². The van der Waals surface area contributed by atoms with Gasteiger partial charge in [0.15, 0.2) is 0 Å². The fourth-order valence-electron chi connectivity index (χ4n) is 2.48. The highest BCUT2D eigenvalue weighted by Gasteiger charge is 2.09. The zero-order valence-corrected chi connectivity index (χ0v) is 11.9. The number of rotatable bonds is 4. The first-order chi connectivity index (χ1) is 9.78. The van der Waals surface area contributed by atoms with Crippen LogP contribution in [0.1, 0.15) is 11.1 Å². The highest BCUT2D eigenvalue weighted by Crippen LogP contribution is 2.24. The van der Waals surface area contributed by atoms with Crippen molar-refractivity contribution in [1.82, 2.24) is 15.3 Å². The number of H-pyrrole nitrogens is 1. The molecule has 2 aromatic carbocycles. The number of hydrogen-bond donors (Lipinski definition) is 2. The molecular formula is C17H19N3. The van der Waals surface area contributed by atoms with E-state index in [2.05, 4.69) is 59.7 Å². The fourth-order valence-corrected chi connectivity index (χ4v) is 2.48. The SMILES string of the molecule is CNCCc1ccccc1-c1nc2ccc(C)cc2[nH]1. The molecular weight excluding hydrogens is 246 g/mol. The molecule has 3 aromatic rings. The molecule has 0 saturated heterocycles. The van der Waals surface area contributed by atoms with Crippen LogP contribution < -0.4 is 5.32 Å².